The van der Waals surface area contributed by atoms with Crippen LogP contribution in [0.5, 0.6) is 0 Å². The normalized spacial score (nSPS) is 16.6. The monoisotopic (exact) mass is 550 g/mol. The van der Waals surface area contributed by atoms with Gasteiger partial charge < -0.3 is 9.47 Å². The lowest BCUT2D eigenvalue weighted by atomic mass is 9.66. The van der Waals surface area contributed by atoms with Gasteiger partial charge in [-0.25, -0.2) is 0 Å². The van der Waals surface area contributed by atoms with Gasteiger partial charge in [0, 0.05) is 0 Å². The Balaban J connectivity index is 2.61. The molecule has 0 heterocycles. The van der Waals surface area contributed by atoms with E-state index >= 15 is 0 Å². The van der Waals surface area contributed by atoms with Crippen molar-refractivity contribution in [3.05, 3.63) is 0 Å². The first-order valence-corrected chi connectivity index (χ1v) is 16.7. The molecule has 0 bridgehead atoms. The molecule has 0 spiro atoms. The van der Waals surface area contributed by atoms with Crippen LogP contribution in [-0.4, -0.2) is 25.2 Å². The molecule has 1 fully saturated rings. The Morgan fingerprint density at radius 2 is 1.13 bits per heavy atom. The number of hydrogen-bond donors (Lipinski definition) is 0. The van der Waals surface area contributed by atoms with Crippen LogP contribution in [0.25, 0.3) is 0 Å². The summed E-state index contributed by atoms with van der Waals surface area (Å²) < 4.78 is 11.4. The van der Waals surface area contributed by atoms with Crippen molar-refractivity contribution in [1.82, 2.24) is 0 Å². The number of carbonyl (C=O) groups is 2. The highest BCUT2D eigenvalue weighted by molar-refractivity contribution is 5.80. The quantitative estimate of drug-likeness (QED) is 0.112. The standard InChI is InChI=1S/C35H66O4/c1-8-9-10-11-12-13-14-15-16-17-18-20-23-35(24-21-19-22-25-35)27-30(32(37)39-29-34(5,6)7)26-31(36)38-28-33(2,3)4/h30H,8-29H2,1-7H3. The molecule has 0 radical (unpaired) electrons. The minimum absolute atomic E-state index is 0.0862. The zero-order valence-corrected chi connectivity index (χ0v) is 27.3. The van der Waals surface area contributed by atoms with Gasteiger partial charge in [0.05, 0.1) is 25.6 Å². The molecule has 1 rings (SSSR count). The molecular weight excluding hydrogens is 484 g/mol. The van der Waals surface area contributed by atoms with Crippen LogP contribution in [0, 0.1) is 22.2 Å². The average Bonchev–Trinajstić information content (AvgIpc) is 2.86. The SMILES string of the molecule is CCCCCCCCCCCCCCC1(CC(CC(=O)OCC(C)(C)C)C(=O)OCC(C)(C)C)CCCCC1. The minimum Gasteiger partial charge on any atom is -0.465 e. The summed E-state index contributed by atoms with van der Waals surface area (Å²) in [5.41, 5.74) is -0.0197. The Morgan fingerprint density at radius 3 is 1.62 bits per heavy atom. The maximum absolute atomic E-state index is 13.3. The summed E-state index contributed by atoms with van der Waals surface area (Å²) in [6, 6.07) is 0. The van der Waals surface area contributed by atoms with Crippen molar-refractivity contribution < 1.29 is 19.1 Å². The molecule has 0 aromatic carbocycles. The molecule has 1 unspecified atom stereocenters. The molecule has 4 nitrogen and oxygen atoms in total. The molecule has 1 aliphatic carbocycles. The zero-order chi connectivity index (χ0) is 29.2. The molecule has 0 aromatic heterocycles. The number of hydrogen-bond acceptors (Lipinski definition) is 4. The largest absolute Gasteiger partial charge is 0.465 e. The summed E-state index contributed by atoms with van der Waals surface area (Å²) in [4.78, 5) is 26.1. The second kappa shape index (κ2) is 19.1. The molecule has 1 saturated carbocycles. The van der Waals surface area contributed by atoms with Crippen molar-refractivity contribution in [3.8, 4) is 0 Å². The zero-order valence-electron chi connectivity index (χ0n) is 27.3. The van der Waals surface area contributed by atoms with E-state index < -0.39 is 5.92 Å². The van der Waals surface area contributed by atoms with Crippen LogP contribution in [0.1, 0.15) is 177 Å². The van der Waals surface area contributed by atoms with E-state index in [0.29, 0.717) is 13.2 Å². The fourth-order valence-electron chi connectivity index (χ4n) is 5.92. The molecule has 4 heteroatoms. The molecule has 1 atom stereocenters. The van der Waals surface area contributed by atoms with Crippen LogP contribution >= 0.6 is 0 Å². The van der Waals surface area contributed by atoms with Gasteiger partial charge in [0.25, 0.3) is 0 Å². The highest BCUT2D eigenvalue weighted by Gasteiger charge is 2.38. The van der Waals surface area contributed by atoms with E-state index in [2.05, 4.69) is 48.5 Å². The van der Waals surface area contributed by atoms with Crippen LogP contribution in [0.4, 0.5) is 0 Å². The fourth-order valence-corrected chi connectivity index (χ4v) is 5.92. The molecule has 0 N–H and O–H groups in total. The Hall–Kier alpha value is -1.06. The third-order valence-electron chi connectivity index (χ3n) is 8.21. The van der Waals surface area contributed by atoms with Crippen LogP contribution in [0.2, 0.25) is 0 Å². The van der Waals surface area contributed by atoms with Gasteiger partial charge in [0.1, 0.15) is 0 Å². The first kappa shape index (κ1) is 36.0. The van der Waals surface area contributed by atoms with E-state index in [9.17, 15) is 9.59 Å². The van der Waals surface area contributed by atoms with Crippen molar-refractivity contribution in [2.75, 3.05) is 13.2 Å². The van der Waals surface area contributed by atoms with E-state index in [0.717, 1.165) is 6.42 Å². The summed E-state index contributed by atoms with van der Waals surface area (Å²) >= 11 is 0. The second-order valence-corrected chi connectivity index (χ2v) is 15.2. The van der Waals surface area contributed by atoms with E-state index in [-0.39, 0.29) is 34.6 Å². The van der Waals surface area contributed by atoms with Gasteiger partial charge in [-0.3, -0.25) is 9.59 Å². The van der Waals surface area contributed by atoms with Crippen LogP contribution in [0.3, 0.4) is 0 Å². The molecule has 0 amide bonds. The van der Waals surface area contributed by atoms with Crippen LogP contribution < -0.4 is 0 Å². The summed E-state index contributed by atoms with van der Waals surface area (Å²) in [6.07, 6.45) is 24.5. The van der Waals surface area contributed by atoms with Crippen molar-refractivity contribution >= 4 is 11.9 Å². The molecule has 0 aromatic rings. The number of carbonyl (C=O) groups excluding carboxylic acids is 2. The lowest BCUT2D eigenvalue weighted by molar-refractivity contribution is -0.159. The fraction of sp³-hybridized carbons (Fsp3) is 0.943. The molecular formula is C35H66O4. The highest BCUT2D eigenvalue weighted by Crippen LogP contribution is 2.46. The molecule has 39 heavy (non-hydrogen) atoms. The van der Waals surface area contributed by atoms with Crippen molar-refractivity contribution in [1.29, 1.82) is 0 Å². The summed E-state index contributed by atoms with van der Waals surface area (Å²) in [7, 11) is 0. The van der Waals surface area contributed by atoms with Gasteiger partial charge in [-0.2, -0.15) is 0 Å². The Kier molecular flexibility index (Phi) is 17.6. The van der Waals surface area contributed by atoms with Gasteiger partial charge in [-0.1, -0.05) is 145 Å². The van der Waals surface area contributed by atoms with Crippen LogP contribution in [-0.2, 0) is 19.1 Å². The second-order valence-electron chi connectivity index (χ2n) is 15.2. The minimum atomic E-state index is -0.407. The first-order chi connectivity index (χ1) is 18.4. The maximum Gasteiger partial charge on any atom is 0.309 e. The Morgan fingerprint density at radius 1 is 0.667 bits per heavy atom. The lowest BCUT2D eigenvalue weighted by Gasteiger charge is -2.40. The first-order valence-electron chi connectivity index (χ1n) is 16.7. The number of ether oxygens (including phenoxy) is 2. The predicted molar refractivity (Wildman–Crippen MR) is 165 cm³/mol. The van der Waals surface area contributed by atoms with Gasteiger partial charge >= 0.3 is 11.9 Å². The van der Waals surface area contributed by atoms with Crippen molar-refractivity contribution in [2.24, 2.45) is 22.2 Å². The van der Waals surface area contributed by atoms with Crippen molar-refractivity contribution in [3.63, 3.8) is 0 Å². The third-order valence-corrected chi connectivity index (χ3v) is 8.21. The van der Waals surface area contributed by atoms with Crippen LogP contribution in [0.15, 0.2) is 0 Å². The summed E-state index contributed by atoms with van der Waals surface area (Å²) in [5.74, 6) is -0.883. The summed E-state index contributed by atoms with van der Waals surface area (Å²) in [6.45, 7) is 15.4. The van der Waals surface area contributed by atoms with E-state index in [1.807, 2.05) is 0 Å². The number of esters is 2. The number of unbranched alkanes of at least 4 members (excludes halogenated alkanes) is 11. The van der Waals surface area contributed by atoms with Crippen molar-refractivity contribution in [2.45, 2.75) is 177 Å². The lowest BCUT2D eigenvalue weighted by Crippen LogP contribution is -2.34. The topological polar surface area (TPSA) is 52.6 Å². The third kappa shape index (κ3) is 18.8. The maximum atomic E-state index is 13.3. The van der Waals surface area contributed by atoms with Gasteiger partial charge in [-0.05, 0) is 41.9 Å². The molecule has 0 saturated heterocycles. The average molecular weight is 551 g/mol. The summed E-state index contributed by atoms with van der Waals surface area (Å²) in [5, 5.41) is 0. The van der Waals surface area contributed by atoms with Gasteiger partial charge in [0.2, 0.25) is 0 Å². The predicted octanol–water partition coefficient (Wildman–Crippen LogP) is 10.6. The Labute approximate surface area is 243 Å². The van der Waals surface area contributed by atoms with E-state index in [1.165, 1.54) is 116 Å². The Bertz CT molecular complexity index is 649. The molecule has 230 valence electrons. The van der Waals surface area contributed by atoms with Gasteiger partial charge in [0.15, 0.2) is 0 Å². The highest BCUT2D eigenvalue weighted by atomic mass is 16.5. The molecule has 0 aliphatic heterocycles. The van der Waals surface area contributed by atoms with E-state index in [1.54, 1.807) is 0 Å². The molecule has 1 aliphatic rings. The smallest absolute Gasteiger partial charge is 0.309 e. The number of rotatable bonds is 20. The van der Waals surface area contributed by atoms with Gasteiger partial charge in [-0.15, -0.1) is 0 Å². The van der Waals surface area contributed by atoms with E-state index in [4.69, 9.17) is 9.47 Å².